The maximum Gasteiger partial charge on any atom is 0.309 e. The number of rotatable bonds is 5. The van der Waals surface area contributed by atoms with E-state index < -0.39 is 10.0 Å². The van der Waals surface area contributed by atoms with Crippen molar-refractivity contribution < 1.29 is 22.7 Å². The van der Waals surface area contributed by atoms with E-state index in [0.29, 0.717) is 31.5 Å². The molecule has 1 fully saturated rings. The van der Waals surface area contributed by atoms with Crippen molar-refractivity contribution in [1.82, 2.24) is 4.31 Å². The fourth-order valence-electron chi connectivity index (χ4n) is 3.67. The van der Waals surface area contributed by atoms with Crippen LogP contribution in [0.5, 0.6) is 0 Å². The van der Waals surface area contributed by atoms with E-state index in [0.717, 1.165) is 22.3 Å². The van der Waals surface area contributed by atoms with E-state index in [9.17, 15) is 18.0 Å². The van der Waals surface area contributed by atoms with Gasteiger partial charge in [-0.2, -0.15) is 0 Å². The number of carbonyl (C=O) groups is 2. The van der Waals surface area contributed by atoms with Crippen molar-refractivity contribution in [2.75, 3.05) is 19.3 Å². The van der Waals surface area contributed by atoms with Crippen molar-refractivity contribution in [2.24, 2.45) is 5.92 Å². The highest BCUT2D eigenvalue weighted by molar-refractivity contribution is 7.88. The maximum absolute atomic E-state index is 12.4. The SMILES string of the molecule is CC(=O)c1c(C)cc(C)c(COC(=O)C2CCN(S(C)(=O)=O)CC2)c1C. The Kier molecular flexibility index (Phi) is 6.24. The van der Waals surface area contributed by atoms with Crippen LogP contribution < -0.4 is 0 Å². The number of ketones is 1. The van der Waals surface area contributed by atoms with Crippen molar-refractivity contribution in [3.8, 4) is 0 Å². The Morgan fingerprint density at radius 3 is 2.23 bits per heavy atom. The lowest BCUT2D eigenvalue weighted by Crippen LogP contribution is -2.40. The van der Waals surface area contributed by atoms with Crippen LogP contribution in [0.2, 0.25) is 0 Å². The highest BCUT2D eigenvalue weighted by Crippen LogP contribution is 2.25. The average molecular weight is 381 g/mol. The number of benzene rings is 1. The Morgan fingerprint density at radius 2 is 1.73 bits per heavy atom. The van der Waals surface area contributed by atoms with Crippen molar-refractivity contribution in [3.63, 3.8) is 0 Å². The van der Waals surface area contributed by atoms with Gasteiger partial charge in [0.1, 0.15) is 6.61 Å². The smallest absolute Gasteiger partial charge is 0.309 e. The summed E-state index contributed by atoms with van der Waals surface area (Å²) in [6.45, 7) is 8.08. The molecule has 1 heterocycles. The first kappa shape index (κ1) is 20.6. The van der Waals surface area contributed by atoms with Crippen LogP contribution in [-0.2, 0) is 26.2 Å². The standard InChI is InChI=1S/C19H27NO5S/c1-12-10-13(2)18(15(4)21)14(3)17(12)11-25-19(22)16-6-8-20(9-7-16)26(5,23)24/h10,16H,6-9,11H2,1-5H3. The minimum atomic E-state index is -3.21. The fraction of sp³-hybridized carbons (Fsp3) is 0.579. The molecule has 0 aliphatic carbocycles. The quantitative estimate of drug-likeness (QED) is 0.578. The van der Waals surface area contributed by atoms with Crippen LogP contribution in [0.3, 0.4) is 0 Å². The highest BCUT2D eigenvalue weighted by atomic mass is 32.2. The molecule has 0 radical (unpaired) electrons. The predicted octanol–water partition coefficient (Wildman–Crippen LogP) is 2.53. The predicted molar refractivity (Wildman–Crippen MR) is 99.6 cm³/mol. The summed E-state index contributed by atoms with van der Waals surface area (Å²) >= 11 is 0. The molecule has 0 saturated carbocycles. The number of sulfonamides is 1. The molecule has 2 rings (SSSR count). The lowest BCUT2D eigenvalue weighted by molar-refractivity contribution is -0.151. The molecule has 7 heteroatoms. The molecule has 0 bridgehead atoms. The second kappa shape index (κ2) is 7.88. The molecule has 1 aromatic carbocycles. The van der Waals surface area contributed by atoms with Crippen LogP contribution in [0.4, 0.5) is 0 Å². The monoisotopic (exact) mass is 381 g/mol. The number of esters is 1. The minimum absolute atomic E-state index is 0.000670. The molecule has 6 nitrogen and oxygen atoms in total. The van der Waals surface area contributed by atoms with Crippen LogP contribution in [0, 0.1) is 26.7 Å². The van der Waals surface area contributed by atoms with Gasteiger partial charge in [-0.05, 0) is 62.8 Å². The number of ether oxygens (including phenoxy) is 1. The van der Waals surface area contributed by atoms with Crippen LogP contribution in [0.1, 0.15) is 52.4 Å². The van der Waals surface area contributed by atoms with E-state index in [1.165, 1.54) is 17.5 Å². The molecular formula is C19H27NO5S. The molecule has 144 valence electrons. The van der Waals surface area contributed by atoms with Crippen LogP contribution in [0.15, 0.2) is 6.07 Å². The minimum Gasteiger partial charge on any atom is -0.461 e. The summed E-state index contributed by atoms with van der Waals surface area (Å²) in [7, 11) is -3.21. The third-order valence-corrected chi connectivity index (χ3v) is 6.40. The van der Waals surface area contributed by atoms with E-state index in [1.54, 1.807) is 0 Å². The Hall–Kier alpha value is -1.73. The number of aryl methyl sites for hydroxylation is 2. The van der Waals surface area contributed by atoms with E-state index >= 15 is 0 Å². The molecule has 1 aromatic rings. The van der Waals surface area contributed by atoms with Gasteiger partial charge in [-0.15, -0.1) is 0 Å². The zero-order valence-corrected chi connectivity index (χ0v) is 16.9. The Morgan fingerprint density at radius 1 is 1.15 bits per heavy atom. The highest BCUT2D eigenvalue weighted by Gasteiger charge is 2.30. The van der Waals surface area contributed by atoms with E-state index in [2.05, 4.69) is 0 Å². The normalized spacial score (nSPS) is 16.5. The maximum atomic E-state index is 12.4. The molecule has 1 aliphatic heterocycles. The zero-order chi connectivity index (χ0) is 19.6. The van der Waals surface area contributed by atoms with Gasteiger partial charge in [0, 0.05) is 18.7 Å². The third kappa shape index (κ3) is 4.51. The average Bonchev–Trinajstić information content (AvgIpc) is 2.52. The molecule has 26 heavy (non-hydrogen) atoms. The summed E-state index contributed by atoms with van der Waals surface area (Å²) in [5, 5.41) is 0. The summed E-state index contributed by atoms with van der Waals surface area (Å²) in [6.07, 6.45) is 2.12. The first-order valence-corrected chi connectivity index (χ1v) is 10.6. The second-order valence-corrected chi connectivity index (χ2v) is 9.07. The molecule has 0 unspecified atom stereocenters. The Labute approximate surface area is 155 Å². The molecule has 0 N–H and O–H groups in total. The second-order valence-electron chi connectivity index (χ2n) is 7.09. The number of Topliss-reactive ketones (excluding diaryl/α,β-unsaturated/α-hetero) is 1. The van der Waals surface area contributed by atoms with Crippen LogP contribution in [0.25, 0.3) is 0 Å². The number of hydrogen-bond donors (Lipinski definition) is 0. The van der Waals surface area contributed by atoms with Gasteiger partial charge in [0.2, 0.25) is 10.0 Å². The van der Waals surface area contributed by atoms with E-state index in [4.69, 9.17) is 4.74 Å². The summed E-state index contributed by atoms with van der Waals surface area (Å²) in [5.74, 6) is -0.589. The van der Waals surface area contributed by atoms with Crippen molar-refractivity contribution >= 4 is 21.8 Å². The summed E-state index contributed by atoms with van der Waals surface area (Å²) in [6, 6.07) is 1.94. The molecule has 1 aliphatic rings. The van der Waals surface area contributed by atoms with Gasteiger partial charge in [0.15, 0.2) is 5.78 Å². The number of hydrogen-bond acceptors (Lipinski definition) is 5. The lowest BCUT2D eigenvalue weighted by atomic mass is 9.92. The van der Waals surface area contributed by atoms with Crippen LogP contribution in [-0.4, -0.2) is 43.8 Å². The zero-order valence-electron chi connectivity index (χ0n) is 16.1. The number of nitrogens with zero attached hydrogens (tertiary/aromatic N) is 1. The molecule has 0 spiro atoms. The Bertz CT molecular complexity index is 821. The lowest BCUT2D eigenvalue weighted by Gasteiger charge is -2.29. The van der Waals surface area contributed by atoms with Gasteiger partial charge >= 0.3 is 5.97 Å². The molecule has 1 saturated heterocycles. The van der Waals surface area contributed by atoms with Crippen molar-refractivity contribution in [3.05, 3.63) is 33.9 Å². The van der Waals surface area contributed by atoms with Gasteiger partial charge < -0.3 is 4.74 Å². The number of piperidine rings is 1. The van der Waals surface area contributed by atoms with E-state index in [-0.39, 0.29) is 24.3 Å². The topological polar surface area (TPSA) is 80.8 Å². The van der Waals surface area contributed by atoms with Gasteiger partial charge in [0.05, 0.1) is 12.2 Å². The summed E-state index contributed by atoms with van der Waals surface area (Å²) in [5.41, 5.74) is 4.32. The first-order chi connectivity index (χ1) is 12.0. The van der Waals surface area contributed by atoms with Gasteiger partial charge in [-0.3, -0.25) is 9.59 Å². The van der Waals surface area contributed by atoms with E-state index in [1.807, 2.05) is 26.8 Å². The largest absolute Gasteiger partial charge is 0.461 e. The first-order valence-electron chi connectivity index (χ1n) is 8.74. The molecule has 0 atom stereocenters. The van der Waals surface area contributed by atoms with Crippen molar-refractivity contribution in [1.29, 1.82) is 0 Å². The third-order valence-electron chi connectivity index (χ3n) is 5.10. The van der Waals surface area contributed by atoms with Gasteiger partial charge in [-0.1, -0.05) is 6.07 Å². The summed E-state index contributed by atoms with van der Waals surface area (Å²) in [4.78, 5) is 24.3. The van der Waals surface area contributed by atoms with Crippen molar-refractivity contribution in [2.45, 2.75) is 47.1 Å². The van der Waals surface area contributed by atoms with Gasteiger partial charge in [0.25, 0.3) is 0 Å². The van der Waals surface area contributed by atoms with Crippen LogP contribution >= 0.6 is 0 Å². The Balaban J connectivity index is 2.05. The summed E-state index contributed by atoms with van der Waals surface area (Å²) < 4.78 is 30.0. The molecular weight excluding hydrogens is 354 g/mol. The van der Waals surface area contributed by atoms with Gasteiger partial charge in [-0.25, -0.2) is 12.7 Å². The molecule has 0 amide bonds. The molecule has 0 aromatic heterocycles. The fourth-order valence-corrected chi connectivity index (χ4v) is 4.55. The number of carbonyl (C=O) groups excluding carboxylic acids is 2.